The van der Waals surface area contributed by atoms with E-state index in [0.29, 0.717) is 0 Å². The van der Waals surface area contributed by atoms with Crippen LogP contribution in [0.15, 0.2) is 24.3 Å². The zero-order valence-electron chi connectivity index (χ0n) is 8.88. The summed E-state index contributed by atoms with van der Waals surface area (Å²) in [6, 6.07) is 4.46. The van der Waals surface area contributed by atoms with Gasteiger partial charge in [0.2, 0.25) is 0 Å². The van der Waals surface area contributed by atoms with Gasteiger partial charge in [-0.15, -0.1) is 0 Å². The molecule has 0 radical (unpaired) electrons. The largest absolute Gasteiger partial charge is 0.780 e. The van der Waals surface area contributed by atoms with Crippen molar-refractivity contribution in [2.75, 3.05) is 0 Å². The van der Waals surface area contributed by atoms with Gasteiger partial charge in [-0.1, -0.05) is 12.1 Å². The number of rotatable bonds is 4. The molecule has 0 saturated heterocycles. The summed E-state index contributed by atoms with van der Waals surface area (Å²) in [7, 11) is -10.7. The summed E-state index contributed by atoms with van der Waals surface area (Å²) >= 11 is 0. The van der Waals surface area contributed by atoms with Gasteiger partial charge in [-0.3, -0.25) is 0 Å². The molecule has 18 heavy (non-hydrogen) atoms. The van der Waals surface area contributed by atoms with E-state index in [-0.39, 0.29) is 12.3 Å². The minimum atomic E-state index is -5.35. The van der Waals surface area contributed by atoms with E-state index in [4.69, 9.17) is 0 Å². The smallest absolute Gasteiger partial charge is 0.166 e. The fourth-order valence-corrected chi connectivity index (χ4v) is 1.63. The monoisotopic (exact) mass is 300 g/mol. The lowest BCUT2D eigenvalue weighted by molar-refractivity contribution is -0.337. The van der Waals surface area contributed by atoms with Gasteiger partial charge >= 0.3 is 0 Å². The Balaban J connectivity index is 0. The summed E-state index contributed by atoms with van der Waals surface area (Å²) < 4.78 is 28.4. The molecule has 0 aliphatic carbocycles. The Morgan fingerprint density at radius 1 is 0.778 bits per heavy atom. The number of phosphoric acid groups is 2. The lowest BCUT2D eigenvalue weighted by atomic mass is 10.3. The minimum Gasteiger partial charge on any atom is -0.780 e. The Morgan fingerprint density at radius 3 is 1.28 bits per heavy atom. The fourth-order valence-electron chi connectivity index (χ4n) is 0.842. The van der Waals surface area contributed by atoms with Crippen molar-refractivity contribution >= 4 is 15.6 Å². The van der Waals surface area contributed by atoms with Crippen molar-refractivity contribution in [3.05, 3.63) is 24.3 Å². The lowest BCUT2D eigenvalue weighted by Crippen LogP contribution is -2.21. The minimum absolute atomic E-state index is 0. The van der Waals surface area contributed by atoms with E-state index in [0.717, 1.165) is 12.1 Å². The van der Waals surface area contributed by atoms with E-state index in [2.05, 4.69) is 9.05 Å². The maximum Gasteiger partial charge on any atom is 0.166 e. The van der Waals surface area contributed by atoms with Gasteiger partial charge in [-0.05, 0) is 12.1 Å². The van der Waals surface area contributed by atoms with Crippen molar-refractivity contribution in [2.45, 2.75) is 0 Å². The highest BCUT2D eigenvalue weighted by Crippen LogP contribution is 2.40. The highest BCUT2D eigenvalue weighted by atomic mass is 31.2. The van der Waals surface area contributed by atoms with Crippen molar-refractivity contribution in [3.8, 4) is 11.5 Å². The first-order valence-electron chi connectivity index (χ1n) is 3.70. The molecule has 0 saturated carbocycles. The molecule has 12 heteroatoms. The third-order valence-electron chi connectivity index (χ3n) is 1.27. The van der Waals surface area contributed by atoms with E-state index in [1.54, 1.807) is 0 Å². The molecule has 0 aliphatic heterocycles. The van der Waals surface area contributed by atoms with Crippen LogP contribution < -0.4 is 40.9 Å². The molecule has 0 aliphatic rings. The Kier molecular flexibility index (Phi) is 7.36. The van der Waals surface area contributed by atoms with Crippen molar-refractivity contribution in [3.63, 3.8) is 0 Å². The van der Waals surface area contributed by atoms with Crippen LogP contribution in [0.4, 0.5) is 0 Å². The summed E-state index contributed by atoms with van der Waals surface area (Å²) in [6.45, 7) is 0. The summed E-state index contributed by atoms with van der Waals surface area (Å²) in [5.41, 5.74) is 0. The zero-order chi connectivity index (χ0) is 12.4. The van der Waals surface area contributed by atoms with E-state index < -0.39 is 27.1 Å². The zero-order valence-corrected chi connectivity index (χ0v) is 10.7. The van der Waals surface area contributed by atoms with Gasteiger partial charge in [0.25, 0.3) is 0 Å². The molecule has 1 aromatic rings. The summed E-state index contributed by atoms with van der Waals surface area (Å²) in [5, 5.41) is 0. The second-order valence-electron chi connectivity index (χ2n) is 2.52. The molecule has 0 amide bonds. The van der Waals surface area contributed by atoms with Gasteiger partial charge in [0.1, 0.15) is 15.6 Å². The molecular formula is C6H10N2O8P2-4. The van der Waals surface area contributed by atoms with Crippen molar-refractivity contribution in [1.29, 1.82) is 0 Å². The molecule has 0 atom stereocenters. The number of hydrogen-bond donors (Lipinski definition) is 2. The first kappa shape index (κ1) is 19.4. The summed E-state index contributed by atoms with van der Waals surface area (Å²) in [5.74, 6) is -1.33. The van der Waals surface area contributed by atoms with Gasteiger partial charge in [-0.2, -0.15) is 0 Å². The molecule has 1 aromatic carbocycles. The second kappa shape index (κ2) is 6.83. The van der Waals surface area contributed by atoms with Crippen LogP contribution in [0, 0.1) is 0 Å². The highest BCUT2D eigenvalue weighted by molar-refractivity contribution is 7.44. The standard InChI is InChI=1S/C6H8O8P2.2H3N/c7-15(8,9)13-5-3-1-2-4-6(5)14-16(10,11)12;;/h1-4H,(H2,7,8,9)(H2,10,11,12);2*1H3/p-4. The molecule has 6 N–H and O–H groups in total. The molecule has 0 heterocycles. The van der Waals surface area contributed by atoms with E-state index in [9.17, 15) is 28.7 Å². The third-order valence-corrected chi connectivity index (χ3v) is 2.11. The lowest BCUT2D eigenvalue weighted by Gasteiger charge is -2.33. The maximum absolute atomic E-state index is 10.3. The molecule has 106 valence electrons. The average Bonchev–Trinajstić information content (AvgIpc) is 2.03. The van der Waals surface area contributed by atoms with Crippen LogP contribution in [0.1, 0.15) is 0 Å². The van der Waals surface area contributed by atoms with E-state index in [1.807, 2.05) is 0 Å². The van der Waals surface area contributed by atoms with Gasteiger partial charge < -0.3 is 50.1 Å². The van der Waals surface area contributed by atoms with E-state index in [1.165, 1.54) is 12.1 Å². The molecular weight excluding hydrogens is 290 g/mol. The van der Waals surface area contributed by atoms with Crippen molar-refractivity contribution in [2.24, 2.45) is 0 Å². The van der Waals surface area contributed by atoms with Crippen LogP contribution in [0.2, 0.25) is 0 Å². The normalized spacial score (nSPS) is 10.9. The van der Waals surface area contributed by atoms with Gasteiger partial charge in [0, 0.05) is 0 Å². The van der Waals surface area contributed by atoms with Gasteiger partial charge in [-0.25, -0.2) is 0 Å². The molecule has 10 nitrogen and oxygen atoms in total. The first-order chi connectivity index (χ1) is 7.17. The predicted molar refractivity (Wildman–Crippen MR) is 53.0 cm³/mol. The number of hydrogen-bond acceptors (Lipinski definition) is 10. The number of benzene rings is 1. The fraction of sp³-hybridized carbons (Fsp3) is 0. The number of para-hydroxylation sites is 2. The average molecular weight is 300 g/mol. The number of phosphoric ester groups is 2. The van der Waals surface area contributed by atoms with Crippen LogP contribution in [-0.2, 0) is 9.13 Å². The van der Waals surface area contributed by atoms with Crippen LogP contribution in [0.3, 0.4) is 0 Å². The quantitative estimate of drug-likeness (QED) is 0.608. The topological polar surface area (TPSA) is 215 Å². The molecule has 0 bridgehead atoms. The molecule has 0 aromatic heterocycles. The van der Waals surface area contributed by atoms with Crippen molar-refractivity contribution in [1.82, 2.24) is 12.3 Å². The Labute approximate surface area is 102 Å². The highest BCUT2D eigenvalue weighted by Gasteiger charge is 2.07. The Bertz CT molecular complexity index is 425. The van der Waals surface area contributed by atoms with Gasteiger partial charge in [0.15, 0.2) is 11.5 Å². The van der Waals surface area contributed by atoms with E-state index >= 15 is 0 Å². The molecule has 1 rings (SSSR count). The molecule has 0 unspecified atom stereocenters. The van der Waals surface area contributed by atoms with Crippen LogP contribution in [0.5, 0.6) is 11.5 Å². The SMILES string of the molecule is N.N.O=P([O-])([O-])Oc1ccccc1OP(=O)([O-])[O-]. The second-order valence-corrected chi connectivity index (χ2v) is 4.68. The van der Waals surface area contributed by atoms with Crippen LogP contribution in [-0.4, -0.2) is 0 Å². The summed E-state index contributed by atoms with van der Waals surface area (Å²) in [4.78, 5) is 41.2. The predicted octanol–water partition coefficient (Wildman–Crippen LogP) is -1.57. The Hall–Kier alpha value is -0.960. The third kappa shape index (κ3) is 7.38. The van der Waals surface area contributed by atoms with Crippen molar-refractivity contribution < 1.29 is 37.8 Å². The summed E-state index contributed by atoms with van der Waals surface area (Å²) in [6.07, 6.45) is 0. The van der Waals surface area contributed by atoms with Crippen LogP contribution in [0.25, 0.3) is 0 Å². The first-order valence-corrected chi connectivity index (χ1v) is 6.62. The maximum atomic E-state index is 10.3. The molecule has 0 fully saturated rings. The molecule has 0 spiro atoms. The van der Waals surface area contributed by atoms with Gasteiger partial charge in [0.05, 0.1) is 0 Å². The van der Waals surface area contributed by atoms with Crippen LogP contribution >= 0.6 is 15.6 Å². The Morgan fingerprint density at radius 2 is 1.06 bits per heavy atom.